The summed E-state index contributed by atoms with van der Waals surface area (Å²) in [6.07, 6.45) is 1.27. The standard InChI is InChI=1S/C21H16Cl2N2O5S/c22-16-5-9-18(10-6-16)29-14-21(26)25-24-13-15-3-1-2-4-20(15)30-31(27,28)19-11-7-17(23)8-12-19/h1-13H,14H2,(H,25,26)/b24-13+. The van der Waals surface area contributed by atoms with Crippen molar-refractivity contribution in [1.82, 2.24) is 5.43 Å². The van der Waals surface area contributed by atoms with Gasteiger partial charge >= 0.3 is 10.1 Å². The molecule has 10 heteroatoms. The molecular formula is C21H16Cl2N2O5S. The summed E-state index contributed by atoms with van der Waals surface area (Å²) in [5, 5.41) is 4.79. The van der Waals surface area contributed by atoms with Gasteiger partial charge in [0.2, 0.25) is 0 Å². The Kier molecular flexibility index (Phi) is 7.51. The molecule has 1 amide bonds. The zero-order valence-electron chi connectivity index (χ0n) is 15.9. The van der Waals surface area contributed by atoms with E-state index >= 15 is 0 Å². The number of ether oxygens (including phenoxy) is 1. The van der Waals surface area contributed by atoms with Crippen molar-refractivity contribution in [2.75, 3.05) is 6.61 Å². The second-order valence-corrected chi connectivity index (χ2v) is 8.48. The molecule has 0 heterocycles. The largest absolute Gasteiger partial charge is 0.484 e. The fourth-order valence-corrected chi connectivity index (χ4v) is 3.52. The minimum Gasteiger partial charge on any atom is -0.484 e. The first kappa shape index (κ1) is 22.6. The van der Waals surface area contributed by atoms with Crippen LogP contribution < -0.4 is 14.3 Å². The van der Waals surface area contributed by atoms with Crippen LogP contribution in [0.5, 0.6) is 11.5 Å². The maximum atomic E-state index is 12.5. The minimum absolute atomic E-state index is 0.0451. The number of carbonyl (C=O) groups is 1. The molecule has 0 atom stereocenters. The van der Waals surface area contributed by atoms with Crippen LogP contribution in [0.3, 0.4) is 0 Å². The Bertz CT molecular complexity index is 1180. The van der Waals surface area contributed by atoms with Gasteiger partial charge in [-0.05, 0) is 60.7 Å². The highest BCUT2D eigenvalue weighted by atomic mass is 35.5. The zero-order chi connectivity index (χ0) is 22.3. The van der Waals surface area contributed by atoms with Gasteiger partial charge in [-0.1, -0.05) is 35.3 Å². The van der Waals surface area contributed by atoms with E-state index in [1.54, 1.807) is 42.5 Å². The van der Waals surface area contributed by atoms with Crippen molar-refractivity contribution in [2.24, 2.45) is 5.10 Å². The summed E-state index contributed by atoms with van der Waals surface area (Å²) in [6.45, 7) is -0.262. The highest BCUT2D eigenvalue weighted by molar-refractivity contribution is 7.87. The van der Waals surface area contributed by atoms with Gasteiger partial charge in [0.25, 0.3) is 5.91 Å². The van der Waals surface area contributed by atoms with E-state index < -0.39 is 16.0 Å². The lowest BCUT2D eigenvalue weighted by Crippen LogP contribution is -2.24. The summed E-state index contributed by atoms with van der Waals surface area (Å²) < 4.78 is 35.5. The number of benzene rings is 3. The van der Waals surface area contributed by atoms with Crippen LogP contribution in [0.4, 0.5) is 0 Å². The van der Waals surface area contributed by atoms with Crippen molar-refractivity contribution in [3.05, 3.63) is 88.4 Å². The van der Waals surface area contributed by atoms with Crippen molar-refractivity contribution >= 4 is 45.4 Å². The van der Waals surface area contributed by atoms with Gasteiger partial charge < -0.3 is 8.92 Å². The first-order chi connectivity index (χ1) is 14.8. The predicted molar refractivity (Wildman–Crippen MR) is 118 cm³/mol. The zero-order valence-corrected chi connectivity index (χ0v) is 18.2. The molecule has 0 saturated heterocycles. The van der Waals surface area contributed by atoms with Crippen LogP contribution in [0.2, 0.25) is 10.0 Å². The topological polar surface area (TPSA) is 94.1 Å². The Labute approximate surface area is 189 Å². The predicted octanol–water partition coefficient (Wildman–Crippen LogP) is 4.29. The molecule has 7 nitrogen and oxygen atoms in total. The molecule has 3 rings (SSSR count). The minimum atomic E-state index is -4.07. The van der Waals surface area contributed by atoms with Gasteiger partial charge in [-0.2, -0.15) is 13.5 Å². The number of nitrogens with zero attached hydrogens (tertiary/aromatic N) is 1. The number of hydrogen-bond acceptors (Lipinski definition) is 6. The number of rotatable bonds is 8. The molecule has 0 fully saturated rings. The van der Waals surface area contributed by atoms with Crippen molar-refractivity contribution in [3.63, 3.8) is 0 Å². The molecule has 0 unspecified atom stereocenters. The van der Waals surface area contributed by atoms with E-state index in [0.717, 1.165) is 0 Å². The molecule has 3 aromatic carbocycles. The van der Waals surface area contributed by atoms with Crippen LogP contribution in [0.15, 0.2) is 82.8 Å². The van der Waals surface area contributed by atoms with Gasteiger partial charge in [0.15, 0.2) is 12.4 Å². The third-order valence-corrected chi connectivity index (χ3v) is 5.55. The Morgan fingerprint density at radius 2 is 1.55 bits per heavy atom. The lowest BCUT2D eigenvalue weighted by Gasteiger charge is -2.09. The average molecular weight is 479 g/mol. The van der Waals surface area contributed by atoms with E-state index in [1.165, 1.54) is 36.5 Å². The van der Waals surface area contributed by atoms with E-state index in [4.69, 9.17) is 32.1 Å². The van der Waals surface area contributed by atoms with Crippen LogP contribution in [-0.2, 0) is 14.9 Å². The normalized spacial score (nSPS) is 11.3. The highest BCUT2D eigenvalue weighted by Crippen LogP contribution is 2.23. The number of amides is 1. The first-order valence-electron chi connectivity index (χ1n) is 8.83. The van der Waals surface area contributed by atoms with Crippen LogP contribution in [-0.4, -0.2) is 27.1 Å². The third-order valence-electron chi connectivity index (χ3n) is 3.80. The summed E-state index contributed by atoms with van der Waals surface area (Å²) >= 11 is 11.6. The number of para-hydroxylation sites is 1. The second-order valence-electron chi connectivity index (χ2n) is 6.06. The van der Waals surface area contributed by atoms with E-state index in [9.17, 15) is 13.2 Å². The number of hydrogen-bond donors (Lipinski definition) is 1. The summed E-state index contributed by atoms with van der Waals surface area (Å²) in [5.74, 6) is 0.0286. The summed E-state index contributed by atoms with van der Waals surface area (Å²) in [5.41, 5.74) is 2.65. The Morgan fingerprint density at radius 1 is 0.935 bits per heavy atom. The van der Waals surface area contributed by atoms with E-state index in [0.29, 0.717) is 21.4 Å². The van der Waals surface area contributed by atoms with Crippen LogP contribution in [0.1, 0.15) is 5.56 Å². The maximum Gasteiger partial charge on any atom is 0.339 e. The molecule has 0 spiro atoms. The monoisotopic (exact) mass is 478 g/mol. The molecule has 0 radical (unpaired) electrons. The molecule has 1 N–H and O–H groups in total. The van der Waals surface area contributed by atoms with Crippen LogP contribution >= 0.6 is 23.2 Å². The molecule has 31 heavy (non-hydrogen) atoms. The van der Waals surface area contributed by atoms with Crippen LogP contribution in [0, 0.1) is 0 Å². The smallest absolute Gasteiger partial charge is 0.339 e. The molecule has 0 aliphatic rings. The molecule has 160 valence electrons. The summed E-state index contributed by atoms with van der Waals surface area (Å²) in [4.78, 5) is 11.8. The van der Waals surface area contributed by atoms with Crippen LogP contribution in [0.25, 0.3) is 0 Å². The Balaban J connectivity index is 1.62. The van der Waals surface area contributed by atoms with Crippen molar-refractivity contribution in [3.8, 4) is 11.5 Å². The molecular weight excluding hydrogens is 463 g/mol. The third kappa shape index (κ3) is 6.71. The van der Waals surface area contributed by atoms with Crippen molar-refractivity contribution in [2.45, 2.75) is 4.90 Å². The number of halogens is 2. The Morgan fingerprint density at radius 3 is 2.23 bits per heavy atom. The van der Waals surface area contributed by atoms with Gasteiger partial charge in [0.1, 0.15) is 10.6 Å². The number of carbonyl (C=O) groups excluding carboxylic acids is 1. The van der Waals surface area contributed by atoms with Crippen molar-refractivity contribution in [1.29, 1.82) is 0 Å². The van der Waals surface area contributed by atoms with E-state index in [1.807, 2.05) is 0 Å². The lowest BCUT2D eigenvalue weighted by atomic mass is 10.2. The molecule has 0 aliphatic heterocycles. The van der Waals surface area contributed by atoms with Gasteiger partial charge in [-0.3, -0.25) is 4.79 Å². The lowest BCUT2D eigenvalue weighted by molar-refractivity contribution is -0.123. The van der Waals surface area contributed by atoms with Gasteiger partial charge in [-0.25, -0.2) is 5.43 Å². The average Bonchev–Trinajstić information content (AvgIpc) is 2.75. The number of hydrazone groups is 1. The molecule has 0 bridgehead atoms. The van der Waals surface area contributed by atoms with Gasteiger partial charge in [0.05, 0.1) is 6.21 Å². The summed E-state index contributed by atoms with van der Waals surface area (Å²) in [7, 11) is -4.07. The molecule has 0 saturated carbocycles. The molecule has 3 aromatic rings. The quantitative estimate of drug-likeness (QED) is 0.296. The van der Waals surface area contributed by atoms with Crippen molar-refractivity contribution < 1.29 is 22.1 Å². The molecule has 0 aromatic heterocycles. The van der Waals surface area contributed by atoms with Gasteiger partial charge in [-0.15, -0.1) is 0 Å². The number of nitrogens with one attached hydrogen (secondary N) is 1. The van der Waals surface area contributed by atoms with E-state index in [-0.39, 0.29) is 17.3 Å². The summed E-state index contributed by atoms with van der Waals surface area (Å²) in [6, 6.07) is 18.5. The SMILES string of the molecule is O=C(COc1ccc(Cl)cc1)N/N=C/c1ccccc1OS(=O)(=O)c1ccc(Cl)cc1. The van der Waals surface area contributed by atoms with E-state index in [2.05, 4.69) is 10.5 Å². The Hall–Kier alpha value is -3.07. The second kappa shape index (κ2) is 10.3. The first-order valence-corrected chi connectivity index (χ1v) is 11.0. The highest BCUT2D eigenvalue weighted by Gasteiger charge is 2.18. The van der Waals surface area contributed by atoms with Gasteiger partial charge in [0, 0.05) is 15.6 Å². The fraction of sp³-hybridized carbons (Fsp3) is 0.0476. The fourth-order valence-electron chi connectivity index (χ4n) is 2.32. The maximum absolute atomic E-state index is 12.5. The molecule has 0 aliphatic carbocycles.